The molecular formula is C22H20N2O6. The number of hydrazone groups is 1. The number of rotatable bonds is 8. The Morgan fingerprint density at radius 2 is 1.77 bits per heavy atom. The summed E-state index contributed by atoms with van der Waals surface area (Å²) in [7, 11) is 2.75. The van der Waals surface area contributed by atoms with Crippen LogP contribution in [0.4, 0.5) is 0 Å². The number of hydrogen-bond donors (Lipinski definition) is 2. The summed E-state index contributed by atoms with van der Waals surface area (Å²) in [5.74, 6) is -0.770. The molecule has 0 aliphatic heterocycles. The number of nitrogens with one attached hydrogen (secondary N) is 1. The fourth-order valence-corrected chi connectivity index (χ4v) is 2.94. The van der Waals surface area contributed by atoms with Crippen LogP contribution >= 0.6 is 0 Å². The minimum atomic E-state index is -1.21. The van der Waals surface area contributed by atoms with E-state index in [0.717, 1.165) is 10.8 Å². The number of ether oxygens (including phenoxy) is 3. The van der Waals surface area contributed by atoms with Gasteiger partial charge in [0.05, 0.1) is 20.4 Å². The van der Waals surface area contributed by atoms with Crippen LogP contribution < -0.4 is 19.6 Å². The highest BCUT2D eigenvalue weighted by Crippen LogP contribution is 2.32. The Hall–Kier alpha value is -4.07. The summed E-state index contributed by atoms with van der Waals surface area (Å²) in [6.07, 6.45) is 1.22. The zero-order valence-corrected chi connectivity index (χ0v) is 16.4. The van der Waals surface area contributed by atoms with Gasteiger partial charge in [-0.05, 0) is 23.6 Å². The molecule has 0 heterocycles. The highest BCUT2D eigenvalue weighted by molar-refractivity contribution is 6.02. The Morgan fingerprint density at radius 1 is 1.00 bits per heavy atom. The summed E-state index contributed by atoms with van der Waals surface area (Å²) in [4.78, 5) is 23.7. The number of nitrogens with zero attached hydrogens (tertiary/aromatic N) is 1. The van der Waals surface area contributed by atoms with E-state index in [1.807, 2.05) is 36.4 Å². The van der Waals surface area contributed by atoms with Crippen LogP contribution in [0.15, 0.2) is 59.7 Å². The van der Waals surface area contributed by atoms with Gasteiger partial charge in [0.15, 0.2) is 18.1 Å². The lowest BCUT2D eigenvalue weighted by Crippen LogP contribution is -2.24. The number of hydrogen-bond acceptors (Lipinski definition) is 6. The molecule has 0 atom stereocenters. The molecule has 0 saturated heterocycles. The largest absolute Gasteiger partial charge is 0.493 e. The molecule has 3 aromatic rings. The van der Waals surface area contributed by atoms with Gasteiger partial charge in [0.25, 0.3) is 5.91 Å². The topological polar surface area (TPSA) is 106 Å². The van der Waals surface area contributed by atoms with Gasteiger partial charge in [0.1, 0.15) is 11.3 Å². The Labute approximate surface area is 172 Å². The maximum atomic E-state index is 12.1. The number of carbonyl (C=O) groups is 2. The third-order valence-corrected chi connectivity index (χ3v) is 4.29. The van der Waals surface area contributed by atoms with E-state index in [0.29, 0.717) is 5.75 Å². The predicted octanol–water partition coefficient (Wildman–Crippen LogP) is 3.08. The van der Waals surface area contributed by atoms with Gasteiger partial charge in [-0.2, -0.15) is 5.10 Å². The molecule has 0 fully saturated rings. The average molecular weight is 408 g/mol. The molecule has 2 N–H and O–H groups in total. The number of fused-ring (bicyclic) bond motifs is 1. The van der Waals surface area contributed by atoms with E-state index < -0.39 is 11.9 Å². The highest BCUT2D eigenvalue weighted by Gasteiger charge is 2.20. The molecule has 0 radical (unpaired) electrons. The van der Waals surface area contributed by atoms with Crippen LogP contribution in [0.2, 0.25) is 0 Å². The Morgan fingerprint density at radius 3 is 2.50 bits per heavy atom. The van der Waals surface area contributed by atoms with Gasteiger partial charge in [0, 0.05) is 10.9 Å². The van der Waals surface area contributed by atoms with E-state index in [1.165, 1.54) is 26.5 Å². The molecule has 0 saturated carbocycles. The van der Waals surface area contributed by atoms with Crippen molar-refractivity contribution in [1.82, 2.24) is 5.43 Å². The zero-order valence-electron chi connectivity index (χ0n) is 16.4. The highest BCUT2D eigenvalue weighted by atomic mass is 16.5. The third kappa shape index (κ3) is 4.49. The van der Waals surface area contributed by atoms with E-state index in [4.69, 9.17) is 14.2 Å². The van der Waals surface area contributed by atoms with E-state index in [9.17, 15) is 14.7 Å². The molecule has 0 spiro atoms. The monoisotopic (exact) mass is 408 g/mol. The molecule has 0 aliphatic carbocycles. The van der Waals surface area contributed by atoms with Crippen molar-refractivity contribution in [3.05, 3.63) is 65.7 Å². The zero-order chi connectivity index (χ0) is 21.5. The summed E-state index contributed by atoms with van der Waals surface area (Å²) >= 11 is 0. The summed E-state index contributed by atoms with van der Waals surface area (Å²) in [6.45, 7) is -0.247. The van der Waals surface area contributed by atoms with Crippen LogP contribution in [0.5, 0.6) is 17.2 Å². The molecule has 30 heavy (non-hydrogen) atoms. The second kappa shape index (κ2) is 9.42. The van der Waals surface area contributed by atoms with E-state index in [2.05, 4.69) is 10.5 Å². The van der Waals surface area contributed by atoms with Crippen LogP contribution in [0, 0.1) is 0 Å². The standard InChI is InChI=1S/C22H20N2O6/c1-28-18-11-10-15(20(22(26)27)21(18)29-2)12-23-24-19(25)13-30-17-9-5-7-14-6-3-4-8-16(14)17/h3-12H,13H2,1-2H3,(H,24,25)(H,26,27)/b23-12-. The van der Waals surface area contributed by atoms with Crippen molar-refractivity contribution >= 4 is 28.9 Å². The maximum absolute atomic E-state index is 12.1. The third-order valence-electron chi connectivity index (χ3n) is 4.29. The molecule has 1 amide bonds. The molecule has 8 heteroatoms. The van der Waals surface area contributed by atoms with Crippen molar-refractivity contribution in [3.8, 4) is 17.2 Å². The molecular weight excluding hydrogens is 388 g/mol. The van der Waals surface area contributed by atoms with Gasteiger partial charge in [-0.3, -0.25) is 4.79 Å². The first-order valence-electron chi connectivity index (χ1n) is 8.96. The van der Waals surface area contributed by atoms with Crippen LogP contribution in [0.3, 0.4) is 0 Å². The van der Waals surface area contributed by atoms with Crippen LogP contribution in [0.1, 0.15) is 15.9 Å². The SMILES string of the molecule is COc1ccc(/C=N\NC(=O)COc2cccc3ccccc23)c(C(=O)O)c1OC. The van der Waals surface area contributed by atoms with Gasteiger partial charge in [-0.25, -0.2) is 10.2 Å². The Kier molecular flexibility index (Phi) is 6.49. The summed E-state index contributed by atoms with van der Waals surface area (Å²) in [5, 5.41) is 15.2. The molecule has 0 unspecified atom stereocenters. The normalized spacial score (nSPS) is 10.7. The number of methoxy groups -OCH3 is 2. The van der Waals surface area contributed by atoms with Crippen molar-refractivity contribution in [3.63, 3.8) is 0 Å². The lowest BCUT2D eigenvalue weighted by Gasteiger charge is -2.12. The number of amides is 1. The Balaban J connectivity index is 1.68. The van der Waals surface area contributed by atoms with Crippen molar-refractivity contribution < 1.29 is 28.9 Å². The number of carboxylic acid groups (broad SMARTS) is 1. The molecule has 0 bridgehead atoms. The van der Waals surface area contributed by atoms with E-state index in [1.54, 1.807) is 12.1 Å². The van der Waals surface area contributed by atoms with E-state index in [-0.39, 0.29) is 29.2 Å². The molecule has 0 aliphatic rings. The smallest absolute Gasteiger partial charge is 0.340 e. The van der Waals surface area contributed by atoms with Crippen molar-refractivity contribution in [2.45, 2.75) is 0 Å². The number of carbonyl (C=O) groups excluding carboxylic acids is 1. The average Bonchev–Trinajstić information content (AvgIpc) is 2.76. The fourth-order valence-electron chi connectivity index (χ4n) is 2.94. The van der Waals surface area contributed by atoms with Crippen LogP contribution in [-0.4, -0.2) is 44.0 Å². The lowest BCUT2D eigenvalue weighted by atomic mass is 10.1. The minimum absolute atomic E-state index is 0.0690. The van der Waals surface area contributed by atoms with Gasteiger partial charge in [-0.1, -0.05) is 36.4 Å². The maximum Gasteiger partial charge on any atom is 0.340 e. The number of aromatic carboxylic acids is 1. The van der Waals surface area contributed by atoms with Gasteiger partial charge < -0.3 is 19.3 Å². The summed E-state index contributed by atoms with van der Waals surface area (Å²) < 4.78 is 15.9. The van der Waals surface area contributed by atoms with E-state index >= 15 is 0 Å². The summed E-state index contributed by atoms with van der Waals surface area (Å²) in [5.41, 5.74) is 2.44. The Bertz CT molecular complexity index is 1100. The number of benzene rings is 3. The lowest BCUT2D eigenvalue weighted by molar-refractivity contribution is -0.123. The summed E-state index contributed by atoms with van der Waals surface area (Å²) in [6, 6.07) is 16.3. The first kappa shape index (κ1) is 20.7. The van der Waals surface area contributed by atoms with Crippen molar-refractivity contribution in [2.75, 3.05) is 20.8 Å². The molecule has 3 aromatic carbocycles. The minimum Gasteiger partial charge on any atom is -0.493 e. The van der Waals surface area contributed by atoms with Gasteiger partial charge >= 0.3 is 5.97 Å². The predicted molar refractivity (Wildman–Crippen MR) is 112 cm³/mol. The van der Waals surface area contributed by atoms with Crippen molar-refractivity contribution in [2.24, 2.45) is 5.10 Å². The second-order valence-electron chi connectivity index (χ2n) is 6.13. The van der Waals surface area contributed by atoms with Gasteiger partial charge in [0.2, 0.25) is 0 Å². The quantitative estimate of drug-likeness (QED) is 0.438. The molecule has 8 nitrogen and oxygen atoms in total. The van der Waals surface area contributed by atoms with Crippen LogP contribution in [-0.2, 0) is 4.79 Å². The molecule has 0 aromatic heterocycles. The second-order valence-corrected chi connectivity index (χ2v) is 6.13. The fraction of sp³-hybridized carbons (Fsp3) is 0.136. The first-order valence-corrected chi connectivity index (χ1v) is 8.96. The molecule has 154 valence electrons. The van der Waals surface area contributed by atoms with Crippen molar-refractivity contribution in [1.29, 1.82) is 0 Å². The first-order chi connectivity index (χ1) is 14.5. The van der Waals surface area contributed by atoms with Crippen LogP contribution in [0.25, 0.3) is 10.8 Å². The number of carboxylic acids is 1. The van der Waals surface area contributed by atoms with Gasteiger partial charge in [-0.15, -0.1) is 0 Å². The molecule has 3 rings (SSSR count).